The first-order chi connectivity index (χ1) is 21.3. The molecule has 1 aliphatic heterocycles. The standard InChI is InChI=1S/C34H39N3O6S/c1-43-28-17-10-14-26(22-28)24-36(30(23-25-12-4-2-5-13-25)33(39)35-27-15-6-3-7-16-27)32(38)20-11-21-37-34(40)29-18-8-9-19-31(29)44(37,41)42/h2,4-5,8-10,12-14,17-19,22,27,30H,3,6-7,11,15-16,20-21,23-24H2,1H3,(H,35,39)/t30-/m1/s1. The maximum absolute atomic E-state index is 14.0. The summed E-state index contributed by atoms with van der Waals surface area (Å²) >= 11 is 0. The summed E-state index contributed by atoms with van der Waals surface area (Å²) in [6.07, 6.45) is 5.49. The monoisotopic (exact) mass is 617 g/mol. The summed E-state index contributed by atoms with van der Waals surface area (Å²) in [6.45, 7) is 0.0320. The molecule has 232 valence electrons. The SMILES string of the molecule is COc1cccc(CN(C(=O)CCCN2C(=O)c3ccccc3S2(=O)=O)[C@H](Cc2ccccc2)C(=O)NC2CCCCC2)c1. The van der Waals surface area contributed by atoms with Crippen molar-refractivity contribution in [1.82, 2.24) is 14.5 Å². The first-order valence-corrected chi connectivity index (χ1v) is 16.6. The van der Waals surface area contributed by atoms with Crippen LogP contribution in [0.25, 0.3) is 0 Å². The van der Waals surface area contributed by atoms with Gasteiger partial charge < -0.3 is 15.0 Å². The van der Waals surface area contributed by atoms with E-state index in [2.05, 4.69) is 5.32 Å². The number of nitrogens with one attached hydrogen (secondary N) is 1. The Morgan fingerprint density at radius 1 is 0.955 bits per heavy atom. The van der Waals surface area contributed by atoms with Crippen LogP contribution in [-0.4, -0.2) is 61.1 Å². The van der Waals surface area contributed by atoms with Crippen LogP contribution in [0.4, 0.5) is 0 Å². The minimum atomic E-state index is -3.98. The number of carbonyl (C=O) groups excluding carboxylic acids is 3. The van der Waals surface area contributed by atoms with Crippen LogP contribution in [0.3, 0.4) is 0 Å². The summed E-state index contributed by atoms with van der Waals surface area (Å²) in [5.74, 6) is -0.451. The highest BCUT2D eigenvalue weighted by Gasteiger charge is 2.40. The topological polar surface area (TPSA) is 113 Å². The number of hydrogen-bond acceptors (Lipinski definition) is 6. The smallest absolute Gasteiger partial charge is 0.269 e. The van der Waals surface area contributed by atoms with Crippen LogP contribution in [0, 0.1) is 0 Å². The molecule has 1 saturated carbocycles. The Labute approximate surface area is 259 Å². The van der Waals surface area contributed by atoms with Gasteiger partial charge in [0.1, 0.15) is 16.7 Å². The van der Waals surface area contributed by atoms with Gasteiger partial charge in [0.05, 0.1) is 12.7 Å². The number of ether oxygens (including phenoxy) is 1. The average Bonchev–Trinajstić information content (AvgIpc) is 3.24. The van der Waals surface area contributed by atoms with Crippen molar-refractivity contribution in [3.05, 3.63) is 95.6 Å². The van der Waals surface area contributed by atoms with E-state index in [1.165, 1.54) is 12.1 Å². The molecule has 44 heavy (non-hydrogen) atoms. The number of hydrogen-bond donors (Lipinski definition) is 1. The maximum Gasteiger partial charge on any atom is 0.269 e. The molecule has 3 amide bonds. The summed E-state index contributed by atoms with van der Waals surface area (Å²) in [7, 11) is -2.40. The second-order valence-electron chi connectivity index (χ2n) is 11.4. The Morgan fingerprint density at radius 2 is 1.66 bits per heavy atom. The van der Waals surface area contributed by atoms with Crippen molar-refractivity contribution in [1.29, 1.82) is 0 Å². The van der Waals surface area contributed by atoms with E-state index in [1.807, 2.05) is 54.6 Å². The molecule has 3 aromatic carbocycles. The molecule has 5 rings (SSSR count). The summed E-state index contributed by atoms with van der Waals surface area (Å²) in [5.41, 5.74) is 1.86. The number of nitrogens with zero attached hydrogens (tertiary/aromatic N) is 2. The normalized spacial score (nSPS) is 16.7. The molecule has 0 unspecified atom stereocenters. The van der Waals surface area contributed by atoms with E-state index >= 15 is 0 Å². The van der Waals surface area contributed by atoms with Crippen LogP contribution >= 0.6 is 0 Å². The lowest BCUT2D eigenvalue weighted by Crippen LogP contribution is -2.52. The van der Waals surface area contributed by atoms with Crippen molar-refractivity contribution in [2.24, 2.45) is 0 Å². The van der Waals surface area contributed by atoms with Gasteiger partial charge in [-0.25, -0.2) is 12.7 Å². The number of fused-ring (bicyclic) bond motifs is 1. The molecule has 0 spiro atoms. The van der Waals surface area contributed by atoms with E-state index in [1.54, 1.807) is 24.1 Å². The molecule has 0 aromatic heterocycles. The van der Waals surface area contributed by atoms with Crippen LogP contribution in [-0.2, 0) is 32.6 Å². The molecule has 1 fully saturated rings. The highest BCUT2D eigenvalue weighted by atomic mass is 32.2. The first kappa shape index (κ1) is 31.3. The van der Waals surface area contributed by atoms with Gasteiger partial charge in [-0.1, -0.05) is 73.9 Å². The molecular weight excluding hydrogens is 578 g/mol. The van der Waals surface area contributed by atoms with Crippen LogP contribution in [0.1, 0.15) is 66.4 Å². The second-order valence-corrected chi connectivity index (χ2v) is 13.2. The van der Waals surface area contributed by atoms with Gasteiger partial charge in [0.25, 0.3) is 15.9 Å². The Balaban J connectivity index is 1.38. The van der Waals surface area contributed by atoms with Crippen molar-refractivity contribution in [3.63, 3.8) is 0 Å². The lowest BCUT2D eigenvalue weighted by Gasteiger charge is -2.33. The van der Waals surface area contributed by atoms with Crippen LogP contribution in [0.2, 0.25) is 0 Å². The van der Waals surface area contributed by atoms with Crippen molar-refractivity contribution in [3.8, 4) is 5.75 Å². The summed E-state index contributed by atoms with van der Waals surface area (Å²) in [4.78, 5) is 42.5. The molecule has 0 radical (unpaired) electrons. The molecule has 10 heteroatoms. The molecule has 9 nitrogen and oxygen atoms in total. The quantitative estimate of drug-likeness (QED) is 0.315. The number of rotatable bonds is 12. The minimum absolute atomic E-state index is 0.0155. The second kappa shape index (κ2) is 14.1. The van der Waals surface area contributed by atoms with Gasteiger partial charge in [-0.2, -0.15) is 0 Å². The van der Waals surface area contributed by atoms with Crippen LogP contribution in [0.5, 0.6) is 5.75 Å². The molecule has 1 N–H and O–H groups in total. The maximum atomic E-state index is 14.0. The number of methoxy groups -OCH3 is 1. The van der Waals surface area contributed by atoms with Gasteiger partial charge in [-0.15, -0.1) is 0 Å². The van der Waals surface area contributed by atoms with Crippen molar-refractivity contribution in [2.45, 2.75) is 74.9 Å². The Morgan fingerprint density at radius 3 is 2.39 bits per heavy atom. The van der Waals surface area contributed by atoms with Crippen LogP contribution < -0.4 is 10.1 Å². The predicted octanol–water partition coefficient (Wildman–Crippen LogP) is 4.71. The number of benzene rings is 3. The summed E-state index contributed by atoms with van der Waals surface area (Å²) in [6, 6.07) is 22.4. The van der Waals surface area contributed by atoms with Gasteiger partial charge in [-0.05, 0) is 54.7 Å². The predicted molar refractivity (Wildman–Crippen MR) is 166 cm³/mol. The molecule has 0 saturated heterocycles. The first-order valence-electron chi connectivity index (χ1n) is 15.2. The Hall–Kier alpha value is -4.18. The molecule has 1 heterocycles. The molecular formula is C34H39N3O6S. The van der Waals surface area contributed by atoms with Crippen molar-refractivity contribution in [2.75, 3.05) is 13.7 Å². The average molecular weight is 618 g/mol. The highest BCUT2D eigenvalue weighted by Crippen LogP contribution is 2.30. The van der Waals surface area contributed by atoms with Gasteiger partial charge in [0.2, 0.25) is 11.8 Å². The fourth-order valence-corrected chi connectivity index (χ4v) is 7.64. The molecule has 2 aliphatic rings. The third-order valence-electron chi connectivity index (χ3n) is 8.37. The van der Waals surface area contributed by atoms with Gasteiger partial charge in [-0.3, -0.25) is 14.4 Å². The van der Waals surface area contributed by atoms with E-state index in [4.69, 9.17) is 4.74 Å². The molecule has 1 aliphatic carbocycles. The third kappa shape index (κ3) is 7.13. The lowest BCUT2D eigenvalue weighted by atomic mass is 9.94. The highest BCUT2D eigenvalue weighted by molar-refractivity contribution is 7.90. The largest absolute Gasteiger partial charge is 0.497 e. The van der Waals surface area contributed by atoms with E-state index in [-0.39, 0.29) is 54.2 Å². The molecule has 0 bridgehead atoms. The van der Waals surface area contributed by atoms with Gasteiger partial charge in [0, 0.05) is 32.0 Å². The number of amides is 3. The van der Waals surface area contributed by atoms with E-state index in [0.29, 0.717) is 12.2 Å². The zero-order valence-corrected chi connectivity index (χ0v) is 25.8. The fraction of sp³-hybridized carbons (Fsp3) is 0.382. The summed E-state index contributed by atoms with van der Waals surface area (Å²) in [5, 5.41) is 3.22. The van der Waals surface area contributed by atoms with Crippen molar-refractivity contribution >= 4 is 27.7 Å². The minimum Gasteiger partial charge on any atom is -0.497 e. The van der Waals surface area contributed by atoms with E-state index in [0.717, 1.165) is 47.5 Å². The van der Waals surface area contributed by atoms with E-state index in [9.17, 15) is 22.8 Å². The number of carbonyl (C=O) groups is 3. The zero-order chi connectivity index (χ0) is 31.1. The zero-order valence-electron chi connectivity index (χ0n) is 25.0. The Bertz CT molecular complexity index is 1590. The number of sulfonamides is 1. The lowest BCUT2D eigenvalue weighted by molar-refractivity contribution is -0.141. The summed E-state index contributed by atoms with van der Waals surface area (Å²) < 4.78 is 32.3. The Kier molecular flexibility index (Phi) is 9.99. The van der Waals surface area contributed by atoms with Gasteiger partial charge in [0.15, 0.2) is 0 Å². The van der Waals surface area contributed by atoms with Crippen LogP contribution in [0.15, 0.2) is 83.8 Å². The third-order valence-corrected chi connectivity index (χ3v) is 10.2. The van der Waals surface area contributed by atoms with E-state index < -0.39 is 22.0 Å². The fourth-order valence-electron chi connectivity index (χ4n) is 6.04. The van der Waals surface area contributed by atoms with Gasteiger partial charge >= 0.3 is 0 Å². The molecule has 1 atom stereocenters. The van der Waals surface area contributed by atoms with Crippen molar-refractivity contribution < 1.29 is 27.5 Å². The molecule has 3 aromatic rings.